The van der Waals surface area contributed by atoms with E-state index >= 15 is 0 Å². The standard InChI is InChI=1S/C26H34O3SSi/c1-31(2,3)26-17-22(19-29-26)24(28)15-14-20(18-27)10-6-4-5-7-12-23-16-21-11-8-9-13-25(21)30-23/h8-9,11,13-14,16-19,24,28H,4-7,10,12,15H2,1-3H3. The second-order valence-corrected chi connectivity index (χ2v) is 15.5. The molecule has 0 aliphatic carbocycles. The Balaban J connectivity index is 1.37. The Labute approximate surface area is 190 Å². The summed E-state index contributed by atoms with van der Waals surface area (Å²) in [4.78, 5) is 12.9. The maximum Gasteiger partial charge on any atom is 0.145 e. The average Bonchev–Trinajstić information content (AvgIpc) is 3.39. The molecule has 2 aromatic heterocycles. The van der Waals surface area contributed by atoms with E-state index in [2.05, 4.69) is 50.0 Å². The zero-order valence-corrected chi connectivity index (χ0v) is 20.7. The zero-order chi connectivity index (χ0) is 22.3. The van der Waals surface area contributed by atoms with Crippen molar-refractivity contribution in [3.05, 3.63) is 64.8 Å². The number of carbonyl (C=O) groups excluding carboxylic acids is 1. The maximum absolute atomic E-state index is 11.4. The van der Waals surface area contributed by atoms with E-state index in [1.165, 1.54) is 27.8 Å². The van der Waals surface area contributed by atoms with E-state index in [0.717, 1.165) is 48.5 Å². The molecular weight excluding hydrogens is 420 g/mol. The van der Waals surface area contributed by atoms with Gasteiger partial charge in [0.15, 0.2) is 0 Å². The molecule has 5 heteroatoms. The number of rotatable bonds is 12. The van der Waals surface area contributed by atoms with Crippen molar-refractivity contribution in [1.82, 2.24) is 0 Å². The highest BCUT2D eigenvalue weighted by atomic mass is 32.1. The quantitative estimate of drug-likeness (QED) is 0.142. The number of furan rings is 1. The molecule has 0 saturated heterocycles. The van der Waals surface area contributed by atoms with Crippen LogP contribution in [0.5, 0.6) is 0 Å². The smallest absolute Gasteiger partial charge is 0.145 e. The number of aryl methyl sites for hydroxylation is 1. The van der Waals surface area contributed by atoms with Crippen molar-refractivity contribution < 1.29 is 14.3 Å². The predicted molar refractivity (Wildman–Crippen MR) is 134 cm³/mol. The van der Waals surface area contributed by atoms with Crippen LogP contribution >= 0.6 is 11.3 Å². The lowest BCUT2D eigenvalue weighted by Crippen LogP contribution is -2.36. The molecule has 0 spiro atoms. The summed E-state index contributed by atoms with van der Waals surface area (Å²) in [5.74, 6) is 0. The summed E-state index contributed by atoms with van der Waals surface area (Å²) < 4.78 is 7.02. The van der Waals surface area contributed by atoms with E-state index in [-0.39, 0.29) is 0 Å². The summed E-state index contributed by atoms with van der Waals surface area (Å²) in [6, 6.07) is 12.8. The molecule has 3 nitrogen and oxygen atoms in total. The lowest BCUT2D eigenvalue weighted by Gasteiger charge is -2.11. The van der Waals surface area contributed by atoms with Crippen LogP contribution in [-0.4, -0.2) is 19.5 Å². The maximum atomic E-state index is 11.4. The van der Waals surface area contributed by atoms with Crippen molar-refractivity contribution >= 4 is 41.2 Å². The number of allylic oxidation sites excluding steroid dienone is 1. The average molecular weight is 455 g/mol. The van der Waals surface area contributed by atoms with Crippen molar-refractivity contribution in [2.24, 2.45) is 0 Å². The molecule has 0 bridgehead atoms. The third-order valence-corrected chi connectivity index (χ3v) is 8.53. The Hall–Kier alpha value is -1.95. The van der Waals surface area contributed by atoms with Gasteiger partial charge in [0.25, 0.3) is 0 Å². The van der Waals surface area contributed by atoms with Gasteiger partial charge in [-0.2, -0.15) is 0 Å². The molecule has 3 rings (SSSR count). The van der Waals surface area contributed by atoms with Crippen LogP contribution < -0.4 is 5.38 Å². The van der Waals surface area contributed by atoms with Crippen LogP contribution in [0.4, 0.5) is 0 Å². The van der Waals surface area contributed by atoms with Gasteiger partial charge < -0.3 is 9.52 Å². The number of carbonyl (C=O) groups is 1. The monoisotopic (exact) mass is 454 g/mol. The van der Waals surface area contributed by atoms with Gasteiger partial charge in [-0.15, -0.1) is 11.3 Å². The van der Waals surface area contributed by atoms with Crippen LogP contribution in [0.3, 0.4) is 0 Å². The van der Waals surface area contributed by atoms with Gasteiger partial charge in [0.1, 0.15) is 14.4 Å². The Kier molecular flexibility index (Phi) is 8.47. The summed E-state index contributed by atoms with van der Waals surface area (Å²) in [6.07, 6.45) is 10.7. The lowest BCUT2D eigenvalue weighted by atomic mass is 10.0. The molecule has 2 heterocycles. The van der Waals surface area contributed by atoms with Crippen molar-refractivity contribution in [2.45, 2.75) is 70.7 Å². The molecule has 31 heavy (non-hydrogen) atoms. The number of aldehydes is 1. The topological polar surface area (TPSA) is 50.4 Å². The van der Waals surface area contributed by atoms with Gasteiger partial charge >= 0.3 is 0 Å². The zero-order valence-electron chi connectivity index (χ0n) is 18.9. The number of benzene rings is 1. The molecule has 0 aliphatic heterocycles. The van der Waals surface area contributed by atoms with E-state index < -0.39 is 14.2 Å². The normalized spacial score (nSPS) is 13.6. The SMILES string of the molecule is C[Si](C)(C)c1cc(C(O)CC=C(C=O)CCCCCCc2cc3ccccc3s2)co1. The van der Waals surface area contributed by atoms with Gasteiger partial charge in [-0.05, 0) is 61.3 Å². The molecule has 1 aromatic carbocycles. The van der Waals surface area contributed by atoms with Crippen LogP contribution in [0.2, 0.25) is 19.6 Å². The number of aliphatic hydroxyl groups is 1. The number of hydrogen-bond acceptors (Lipinski definition) is 4. The predicted octanol–water partition coefficient (Wildman–Crippen LogP) is 6.78. The summed E-state index contributed by atoms with van der Waals surface area (Å²) >= 11 is 1.90. The first-order valence-electron chi connectivity index (χ1n) is 11.3. The van der Waals surface area contributed by atoms with Crippen molar-refractivity contribution in [2.75, 3.05) is 0 Å². The Morgan fingerprint density at radius 2 is 1.90 bits per heavy atom. The fourth-order valence-corrected chi connectivity index (χ4v) is 5.79. The molecule has 0 saturated carbocycles. The molecular formula is C26H34O3SSi. The minimum atomic E-state index is -1.52. The summed E-state index contributed by atoms with van der Waals surface area (Å²) in [5, 5.41) is 12.8. The fraction of sp³-hybridized carbons (Fsp3) is 0.423. The third kappa shape index (κ3) is 7.02. The van der Waals surface area contributed by atoms with E-state index in [4.69, 9.17) is 4.42 Å². The molecule has 0 radical (unpaired) electrons. The van der Waals surface area contributed by atoms with E-state index in [0.29, 0.717) is 6.42 Å². The summed E-state index contributed by atoms with van der Waals surface area (Å²) in [6.45, 7) is 6.65. The second-order valence-electron chi connectivity index (χ2n) is 9.31. The number of aliphatic hydroxyl groups excluding tert-OH is 1. The van der Waals surface area contributed by atoms with Gasteiger partial charge in [-0.1, -0.05) is 56.8 Å². The number of thiophene rings is 1. The first-order chi connectivity index (χ1) is 14.9. The van der Waals surface area contributed by atoms with Gasteiger partial charge in [-0.3, -0.25) is 4.79 Å². The molecule has 1 N–H and O–H groups in total. The summed E-state index contributed by atoms with van der Waals surface area (Å²) in [5.41, 5.74) is 1.60. The highest BCUT2D eigenvalue weighted by molar-refractivity contribution is 7.19. The Morgan fingerprint density at radius 3 is 2.61 bits per heavy atom. The fourth-order valence-electron chi connectivity index (χ4n) is 3.67. The van der Waals surface area contributed by atoms with Gasteiger partial charge in [0.2, 0.25) is 0 Å². The first kappa shape index (κ1) is 23.7. The molecule has 1 atom stereocenters. The second kappa shape index (κ2) is 11.1. The molecule has 0 amide bonds. The van der Waals surface area contributed by atoms with Crippen molar-refractivity contribution in [1.29, 1.82) is 0 Å². The van der Waals surface area contributed by atoms with Crippen LogP contribution in [0.15, 0.2) is 58.7 Å². The minimum Gasteiger partial charge on any atom is -0.474 e. The molecule has 1 unspecified atom stereocenters. The molecule has 0 fully saturated rings. The van der Waals surface area contributed by atoms with Gasteiger partial charge in [0.05, 0.1) is 17.8 Å². The van der Waals surface area contributed by atoms with Crippen LogP contribution in [0, 0.1) is 0 Å². The lowest BCUT2D eigenvalue weighted by molar-refractivity contribution is -0.105. The van der Waals surface area contributed by atoms with E-state index in [9.17, 15) is 9.90 Å². The third-order valence-electron chi connectivity index (χ3n) is 5.61. The summed E-state index contributed by atoms with van der Waals surface area (Å²) in [7, 11) is -1.52. The Bertz CT molecular complexity index is 976. The largest absolute Gasteiger partial charge is 0.474 e. The van der Waals surface area contributed by atoms with Crippen LogP contribution in [-0.2, 0) is 11.2 Å². The van der Waals surface area contributed by atoms with Gasteiger partial charge in [-0.25, -0.2) is 0 Å². The van der Waals surface area contributed by atoms with Crippen molar-refractivity contribution in [3.8, 4) is 0 Å². The number of fused-ring (bicyclic) bond motifs is 1. The Morgan fingerprint density at radius 1 is 1.13 bits per heavy atom. The van der Waals surface area contributed by atoms with E-state index in [1.54, 1.807) is 6.26 Å². The van der Waals surface area contributed by atoms with Crippen LogP contribution in [0.25, 0.3) is 10.1 Å². The number of unbranched alkanes of at least 4 members (excludes halogenated alkanes) is 3. The van der Waals surface area contributed by atoms with E-state index in [1.807, 2.05) is 23.5 Å². The minimum absolute atomic E-state index is 0.449. The molecule has 166 valence electrons. The molecule has 0 aliphatic rings. The highest BCUT2D eigenvalue weighted by Crippen LogP contribution is 2.27. The highest BCUT2D eigenvalue weighted by Gasteiger charge is 2.22. The van der Waals surface area contributed by atoms with Crippen LogP contribution in [0.1, 0.15) is 55.1 Å². The van der Waals surface area contributed by atoms with Gasteiger partial charge in [0, 0.05) is 15.1 Å². The first-order valence-corrected chi connectivity index (χ1v) is 15.6. The number of hydrogen-bond donors (Lipinski definition) is 1. The van der Waals surface area contributed by atoms with Crippen molar-refractivity contribution in [3.63, 3.8) is 0 Å². The molecule has 3 aromatic rings.